The molecule has 5 atom stereocenters. The normalized spacial score (nSPS) is 16.7. The lowest BCUT2D eigenvalue weighted by molar-refractivity contribution is 0.730. The first-order chi connectivity index (χ1) is 51.5. The maximum atomic E-state index is 9.41. The van der Waals surface area contributed by atoms with Crippen LogP contribution >= 0.6 is 0 Å². The minimum absolute atomic E-state index is 0.185. The molecule has 15 rings (SSSR count). The predicted octanol–water partition coefficient (Wildman–Crippen LogP) is 21.5. The van der Waals surface area contributed by atoms with Gasteiger partial charge in [0.05, 0.1) is 84.7 Å². The predicted molar refractivity (Wildman–Crippen MR) is 450 cm³/mol. The second-order valence-electron chi connectivity index (χ2n) is 29.7. The third-order valence-corrected chi connectivity index (χ3v) is 22.7. The van der Waals surface area contributed by atoms with Gasteiger partial charge in [-0.25, -0.2) is 0 Å². The van der Waals surface area contributed by atoms with Gasteiger partial charge in [-0.15, -0.1) is 0 Å². The molecule has 0 bridgehead atoms. The standard InChI is InChI=1S/3C19H21N3.2C18H19N3/c1-12-9-14(3)18(10-13(12)2)22-15(4)21(5)19-16(11-20)7-6-8-17(19)22;1-12-9-13(2)14(3)18(10-12)22-15(4)21(5)19-16(11-20)7-6-8-17(19)22;1-12-9-13(2)18(14(3)10-12)22-15(4)21(5)19-16(11-20)7-6-8-17(19)22;1-12-7-5-8-13(2)17(12)21-14(3)20(4)18-15(11-19)9-6-10-16(18)21;1-12-8-9-16(13(2)10-12)21-14(3)20(4)18-15(11-19)6-5-7-17(18)21/h3*6-10,15H,1-5H3;2*5-10,14H,1-4H3/t3*15-;2*14-/m00000/s1. The summed E-state index contributed by atoms with van der Waals surface area (Å²) < 4.78 is 0. The van der Waals surface area contributed by atoms with Crippen molar-refractivity contribution >= 4 is 85.3 Å². The van der Waals surface area contributed by atoms with Crippen molar-refractivity contribution in [1.29, 1.82) is 26.3 Å². The van der Waals surface area contributed by atoms with Crippen LogP contribution in [-0.2, 0) is 0 Å². The monoisotopic (exact) mass is 1430 g/mol. The molecule has 108 heavy (non-hydrogen) atoms. The molecule has 15 nitrogen and oxygen atoms in total. The van der Waals surface area contributed by atoms with Crippen LogP contribution in [-0.4, -0.2) is 66.1 Å². The number of nitriles is 5. The fraction of sp³-hybridized carbons (Fsp3) is 0.301. The lowest BCUT2D eigenvalue weighted by Gasteiger charge is -2.30. The van der Waals surface area contributed by atoms with Crippen LogP contribution in [0.4, 0.5) is 85.3 Å². The Labute approximate surface area is 642 Å². The molecule has 0 fully saturated rings. The zero-order valence-electron chi connectivity index (χ0n) is 67.2. The van der Waals surface area contributed by atoms with Gasteiger partial charge in [-0.1, -0.05) is 96.1 Å². The third-order valence-electron chi connectivity index (χ3n) is 22.7. The van der Waals surface area contributed by atoms with Crippen molar-refractivity contribution in [2.24, 2.45) is 0 Å². The van der Waals surface area contributed by atoms with Gasteiger partial charge in [-0.3, -0.25) is 0 Å². The van der Waals surface area contributed by atoms with E-state index >= 15 is 0 Å². The molecule has 0 spiro atoms. The highest BCUT2D eigenvalue weighted by Gasteiger charge is 2.40. The van der Waals surface area contributed by atoms with Gasteiger partial charge in [0.25, 0.3) is 0 Å². The number of benzene rings is 10. The summed E-state index contributed by atoms with van der Waals surface area (Å²) in [6.07, 6.45) is 0.935. The van der Waals surface area contributed by atoms with Gasteiger partial charge < -0.3 is 49.0 Å². The molecule has 0 aliphatic carbocycles. The maximum Gasteiger partial charge on any atom is 0.103 e. The molecule has 5 heterocycles. The zero-order valence-corrected chi connectivity index (χ0v) is 67.2. The van der Waals surface area contributed by atoms with E-state index in [2.05, 4.69) is 335 Å². The Bertz CT molecular complexity index is 5340. The van der Waals surface area contributed by atoms with Crippen LogP contribution in [0.5, 0.6) is 0 Å². The summed E-state index contributed by atoms with van der Waals surface area (Å²) in [7, 11) is 10.3. The highest BCUT2D eigenvalue weighted by atomic mass is 15.4. The number of nitrogens with zero attached hydrogens (tertiary/aromatic N) is 15. The van der Waals surface area contributed by atoms with Crippen LogP contribution in [0.15, 0.2) is 164 Å². The van der Waals surface area contributed by atoms with Crippen molar-refractivity contribution in [3.05, 3.63) is 264 Å². The minimum atomic E-state index is 0.185. The van der Waals surface area contributed by atoms with Crippen LogP contribution in [0.1, 0.15) is 135 Å². The van der Waals surface area contributed by atoms with Crippen molar-refractivity contribution in [1.82, 2.24) is 0 Å². The fourth-order valence-corrected chi connectivity index (χ4v) is 16.6. The summed E-state index contributed by atoms with van der Waals surface area (Å²) in [5.74, 6) is 0. The summed E-state index contributed by atoms with van der Waals surface area (Å²) in [4.78, 5) is 22.6. The quantitative estimate of drug-likeness (QED) is 0.161. The van der Waals surface area contributed by atoms with E-state index in [4.69, 9.17) is 0 Å². The zero-order chi connectivity index (χ0) is 78.3. The Kier molecular flexibility index (Phi) is 22.0. The Morgan fingerprint density at radius 1 is 0.222 bits per heavy atom. The maximum absolute atomic E-state index is 9.41. The van der Waals surface area contributed by atoms with Crippen molar-refractivity contribution < 1.29 is 0 Å². The van der Waals surface area contributed by atoms with Crippen molar-refractivity contribution in [3.63, 3.8) is 0 Å². The number of anilines is 15. The molecule has 5 aliphatic rings. The van der Waals surface area contributed by atoms with E-state index in [0.717, 1.165) is 84.7 Å². The smallest absolute Gasteiger partial charge is 0.103 e. The molecule has 0 N–H and O–H groups in total. The molecule has 0 unspecified atom stereocenters. The molecule has 0 amide bonds. The number of aryl methyl sites for hydroxylation is 12. The number of para-hydroxylation sites is 6. The lowest BCUT2D eigenvalue weighted by Crippen LogP contribution is -2.36. The van der Waals surface area contributed by atoms with Gasteiger partial charge in [0, 0.05) is 63.7 Å². The SMILES string of the molecule is Cc1cc(C)c(C)c(N2c3cccc(C#N)c3N(C)[C@@H]2C)c1.Cc1cc(C)c(N2c3cccc(C#N)c3N(C)[C@@H]2C)c(C)c1.Cc1cc(C)c(N2c3cccc(C#N)c3N(C)[C@@H]2C)cc1C.Cc1ccc(N2c3cccc(C#N)c3N(C)[C@@H]2C)c(C)c1.Cc1cccc(C)c1N1c2cccc(C#N)c2N(C)[C@@H]1C. The van der Waals surface area contributed by atoms with Gasteiger partial charge in [-0.2, -0.15) is 26.3 Å². The van der Waals surface area contributed by atoms with Gasteiger partial charge in [0.15, 0.2) is 0 Å². The molecule has 548 valence electrons. The second kappa shape index (κ2) is 31.0. The lowest BCUT2D eigenvalue weighted by atomic mass is 10.0. The van der Waals surface area contributed by atoms with E-state index in [1.807, 2.05) is 67.7 Å². The van der Waals surface area contributed by atoms with Crippen molar-refractivity contribution in [2.45, 2.75) is 155 Å². The Morgan fingerprint density at radius 3 is 0.861 bits per heavy atom. The van der Waals surface area contributed by atoms with Crippen molar-refractivity contribution in [2.75, 3.05) is 84.2 Å². The minimum Gasteiger partial charge on any atom is -0.351 e. The molecular weight excluding hydrogens is 1330 g/mol. The highest BCUT2D eigenvalue weighted by molar-refractivity contribution is 5.93. The average molecular weight is 1430 g/mol. The van der Waals surface area contributed by atoms with Crippen LogP contribution in [0.2, 0.25) is 0 Å². The summed E-state index contributed by atoms with van der Waals surface area (Å²) >= 11 is 0. The van der Waals surface area contributed by atoms with E-state index in [0.29, 0.717) is 0 Å². The van der Waals surface area contributed by atoms with Gasteiger partial charge in [0.1, 0.15) is 61.2 Å². The largest absolute Gasteiger partial charge is 0.351 e. The first-order valence-corrected chi connectivity index (χ1v) is 37.1. The molecule has 5 aliphatic heterocycles. The number of hydrogen-bond acceptors (Lipinski definition) is 15. The Balaban J connectivity index is 0.000000134. The number of hydrogen-bond donors (Lipinski definition) is 0. The number of fused-ring (bicyclic) bond motifs is 5. The van der Waals surface area contributed by atoms with E-state index in [1.54, 1.807) is 0 Å². The molecule has 0 aromatic heterocycles. The summed E-state index contributed by atoms with van der Waals surface area (Å²) in [6.45, 7) is 38.8. The van der Waals surface area contributed by atoms with E-state index in [-0.39, 0.29) is 30.8 Å². The summed E-state index contributed by atoms with van der Waals surface area (Å²) in [5.41, 5.74) is 37.1. The fourth-order valence-electron chi connectivity index (χ4n) is 16.6. The van der Waals surface area contributed by atoms with Crippen molar-refractivity contribution in [3.8, 4) is 30.3 Å². The van der Waals surface area contributed by atoms with E-state index in [9.17, 15) is 26.3 Å². The Hall–Kier alpha value is -12.4. The molecule has 0 saturated carbocycles. The topological polar surface area (TPSA) is 151 Å². The molecular formula is C93H101N15. The van der Waals surface area contributed by atoms with Gasteiger partial charge in [0.2, 0.25) is 0 Å². The average Bonchev–Trinajstić information content (AvgIpc) is 1.62. The van der Waals surface area contributed by atoms with E-state index < -0.39 is 0 Å². The molecule has 15 heteroatoms. The third kappa shape index (κ3) is 13.7. The van der Waals surface area contributed by atoms with E-state index in [1.165, 1.54) is 101 Å². The highest BCUT2D eigenvalue weighted by Crippen LogP contribution is 2.52. The first-order valence-electron chi connectivity index (χ1n) is 37.1. The van der Waals surface area contributed by atoms with Crippen LogP contribution in [0, 0.1) is 147 Å². The van der Waals surface area contributed by atoms with Crippen LogP contribution < -0.4 is 49.0 Å². The van der Waals surface area contributed by atoms with Gasteiger partial charge >= 0.3 is 0 Å². The second-order valence-corrected chi connectivity index (χ2v) is 29.7. The molecule has 0 radical (unpaired) electrons. The van der Waals surface area contributed by atoms with Crippen LogP contribution in [0.25, 0.3) is 0 Å². The van der Waals surface area contributed by atoms with Crippen LogP contribution in [0.3, 0.4) is 0 Å². The molecule has 0 saturated heterocycles. The van der Waals surface area contributed by atoms with Gasteiger partial charge in [-0.05, 0) is 265 Å². The summed E-state index contributed by atoms with van der Waals surface area (Å²) in [5, 5.41) is 47.0. The first kappa shape index (κ1) is 76.8. The molecule has 10 aromatic rings. The molecule has 10 aromatic carbocycles. The number of rotatable bonds is 5. The summed E-state index contributed by atoms with van der Waals surface area (Å²) in [6, 6.07) is 67.6. The Morgan fingerprint density at radius 2 is 0.500 bits per heavy atom.